The van der Waals surface area contributed by atoms with E-state index in [2.05, 4.69) is 4.90 Å². The van der Waals surface area contributed by atoms with Crippen molar-refractivity contribution < 1.29 is 34.2 Å². The first-order valence-electron chi connectivity index (χ1n) is 14.4. The number of Topliss-reactive ketones (excluding diaryl/α,β-unsaturated/α-hetero) is 4. The fourth-order valence-electron chi connectivity index (χ4n) is 8.70. The lowest BCUT2D eigenvalue weighted by Gasteiger charge is -2.52. The Bertz CT molecular complexity index is 1370. The molecule has 11 nitrogen and oxygen atoms in total. The van der Waals surface area contributed by atoms with E-state index < -0.39 is 64.4 Å². The Morgan fingerprint density at radius 3 is 2.20 bits per heavy atom. The SMILES string of the molecule is CN(C)c1cc(CN2C3CCC2CC3)c(O)c2c1C[C@H]1C[C@H]3[C@H](N(C)C)C(=O)C(C(N)=O)C(=O)[C@@]3(O)C(=O)C1C2=O. The number of nitrogens with zero attached hydrogens (tertiary/aromatic N) is 3. The van der Waals surface area contributed by atoms with Gasteiger partial charge in [0.05, 0.1) is 17.5 Å². The monoisotopic (exact) mass is 566 g/mol. The summed E-state index contributed by atoms with van der Waals surface area (Å²) in [5.74, 6) is -10.2. The summed E-state index contributed by atoms with van der Waals surface area (Å²) in [6.45, 7) is 0.488. The number of nitrogens with two attached hydrogens (primary N) is 1. The molecule has 2 bridgehead atoms. The molecule has 3 aliphatic carbocycles. The first-order chi connectivity index (χ1) is 19.3. The van der Waals surface area contributed by atoms with E-state index in [0.717, 1.165) is 31.4 Å². The third-order valence-corrected chi connectivity index (χ3v) is 10.6. The maximum Gasteiger partial charge on any atom is 0.235 e. The van der Waals surface area contributed by atoms with E-state index in [1.165, 1.54) is 4.90 Å². The topological polar surface area (TPSA) is 162 Å². The van der Waals surface area contributed by atoms with E-state index in [1.54, 1.807) is 14.1 Å². The number of carbonyl (C=O) groups is 5. The fraction of sp³-hybridized carbons (Fsp3) is 0.633. The number of hydrogen-bond acceptors (Lipinski definition) is 10. The first-order valence-corrected chi connectivity index (χ1v) is 14.4. The number of benzene rings is 1. The number of rotatable bonds is 5. The van der Waals surface area contributed by atoms with Gasteiger partial charge < -0.3 is 20.8 Å². The molecule has 1 aromatic carbocycles. The van der Waals surface area contributed by atoms with Crippen LogP contribution in [0, 0.1) is 23.7 Å². The Kier molecular flexibility index (Phi) is 6.44. The van der Waals surface area contributed by atoms with Gasteiger partial charge in [-0.2, -0.15) is 0 Å². The summed E-state index contributed by atoms with van der Waals surface area (Å²) in [5, 5.41) is 23.3. The zero-order chi connectivity index (χ0) is 29.7. The van der Waals surface area contributed by atoms with Crippen molar-refractivity contribution in [3.63, 3.8) is 0 Å². The first kappa shape index (κ1) is 28.0. The Morgan fingerprint density at radius 1 is 1.05 bits per heavy atom. The predicted molar refractivity (Wildman–Crippen MR) is 147 cm³/mol. The van der Waals surface area contributed by atoms with E-state index in [4.69, 9.17) is 5.73 Å². The minimum absolute atomic E-state index is 0.0381. The van der Waals surface area contributed by atoms with Gasteiger partial charge in [0.2, 0.25) is 5.91 Å². The van der Waals surface area contributed by atoms with Gasteiger partial charge in [0.1, 0.15) is 5.75 Å². The van der Waals surface area contributed by atoms with Crippen molar-refractivity contribution in [2.24, 2.45) is 29.4 Å². The second kappa shape index (κ2) is 9.43. The number of amides is 1. The van der Waals surface area contributed by atoms with Crippen LogP contribution in [0.1, 0.15) is 53.6 Å². The standard InChI is InChI=1S/C30H38N4O7/c1-32(2)19-11-14(12-34-15-5-6-16(34)8-7-15)24(35)21-17(19)9-13-10-18-23(33(3)4)26(37)22(29(31)40)28(39)30(18,41)27(38)20(13)25(21)36/h11,13,15-16,18,20,22-23,35,41H,5-10,12H2,1-4H3,(H2,31,40)/t13-,15?,16?,18-,20?,22?,23-,30-/m0/s1. The molecule has 4 fully saturated rings. The highest BCUT2D eigenvalue weighted by Gasteiger charge is 2.69. The number of carbonyl (C=O) groups excluding carboxylic acids is 5. The van der Waals surface area contributed by atoms with Crippen molar-refractivity contribution in [3.8, 4) is 5.75 Å². The van der Waals surface area contributed by atoms with E-state index in [-0.39, 0.29) is 24.2 Å². The van der Waals surface area contributed by atoms with Gasteiger partial charge in [-0.1, -0.05) is 0 Å². The van der Waals surface area contributed by atoms with Crippen LogP contribution in [0.25, 0.3) is 0 Å². The molecule has 2 aliphatic heterocycles. The number of hydrogen-bond donors (Lipinski definition) is 3. The van der Waals surface area contributed by atoms with Crippen LogP contribution in [0.15, 0.2) is 6.07 Å². The third-order valence-electron chi connectivity index (χ3n) is 10.6. The Hall–Kier alpha value is -3.15. The zero-order valence-electron chi connectivity index (χ0n) is 23.9. The fourth-order valence-corrected chi connectivity index (χ4v) is 8.70. The number of primary amides is 1. The smallest absolute Gasteiger partial charge is 0.235 e. The van der Waals surface area contributed by atoms with Crippen molar-refractivity contribution in [2.75, 3.05) is 33.1 Å². The lowest BCUT2D eigenvalue weighted by atomic mass is 9.52. The molecule has 6 atom stereocenters. The highest BCUT2D eigenvalue weighted by atomic mass is 16.3. The number of aliphatic hydroxyl groups is 1. The van der Waals surface area contributed by atoms with Crippen molar-refractivity contribution in [1.82, 2.24) is 9.80 Å². The van der Waals surface area contributed by atoms with Crippen LogP contribution in [0.4, 0.5) is 5.69 Å². The zero-order valence-corrected chi connectivity index (χ0v) is 23.9. The number of aromatic hydroxyl groups is 1. The normalized spacial score (nSPS) is 36.4. The van der Waals surface area contributed by atoms with Crippen LogP contribution in [-0.4, -0.2) is 101 Å². The van der Waals surface area contributed by atoms with E-state index in [1.807, 2.05) is 25.1 Å². The highest BCUT2D eigenvalue weighted by molar-refractivity contribution is 6.32. The summed E-state index contributed by atoms with van der Waals surface area (Å²) in [6, 6.07) is 1.71. The number of ketones is 4. The largest absolute Gasteiger partial charge is 0.507 e. The van der Waals surface area contributed by atoms with Crippen LogP contribution < -0.4 is 10.6 Å². The second-order valence-electron chi connectivity index (χ2n) is 13.1. The van der Waals surface area contributed by atoms with Crippen molar-refractivity contribution in [1.29, 1.82) is 0 Å². The maximum absolute atomic E-state index is 14.2. The molecule has 1 amide bonds. The van der Waals surface area contributed by atoms with Gasteiger partial charge in [-0.3, -0.25) is 33.8 Å². The van der Waals surface area contributed by atoms with Gasteiger partial charge in [-0.25, -0.2) is 0 Å². The summed E-state index contributed by atoms with van der Waals surface area (Å²) in [7, 11) is 6.87. The van der Waals surface area contributed by atoms with Crippen molar-refractivity contribution in [2.45, 2.75) is 68.8 Å². The molecule has 11 heteroatoms. The van der Waals surface area contributed by atoms with Crippen LogP contribution in [-0.2, 0) is 32.1 Å². The molecule has 2 saturated heterocycles. The molecule has 0 radical (unpaired) electrons. The van der Waals surface area contributed by atoms with Gasteiger partial charge in [0, 0.05) is 49.9 Å². The second-order valence-corrected chi connectivity index (χ2v) is 13.1. The molecule has 41 heavy (non-hydrogen) atoms. The average Bonchev–Trinajstić information content (AvgIpc) is 3.46. The van der Waals surface area contributed by atoms with Gasteiger partial charge in [-0.05, 0) is 70.2 Å². The van der Waals surface area contributed by atoms with E-state index >= 15 is 0 Å². The molecule has 0 aromatic heterocycles. The summed E-state index contributed by atoms with van der Waals surface area (Å²) in [6.07, 6.45) is 4.75. The van der Waals surface area contributed by atoms with Crippen molar-refractivity contribution >= 4 is 34.7 Å². The number of phenols is 1. The summed E-state index contributed by atoms with van der Waals surface area (Å²) in [4.78, 5) is 73.0. The van der Waals surface area contributed by atoms with Gasteiger partial charge >= 0.3 is 0 Å². The lowest BCUT2D eigenvalue weighted by molar-refractivity contribution is -0.181. The molecule has 2 heterocycles. The highest BCUT2D eigenvalue weighted by Crippen LogP contribution is 2.52. The van der Waals surface area contributed by atoms with Gasteiger partial charge in [-0.15, -0.1) is 0 Å². The van der Waals surface area contributed by atoms with Crippen LogP contribution in [0.3, 0.4) is 0 Å². The maximum atomic E-state index is 14.2. The van der Waals surface area contributed by atoms with Crippen LogP contribution >= 0.6 is 0 Å². The van der Waals surface area contributed by atoms with Gasteiger partial charge in [0.15, 0.2) is 34.7 Å². The summed E-state index contributed by atoms with van der Waals surface area (Å²) < 4.78 is 0. The minimum Gasteiger partial charge on any atom is -0.507 e. The Morgan fingerprint density at radius 2 is 1.66 bits per heavy atom. The molecule has 2 unspecified atom stereocenters. The average molecular weight is 567 g/mol. The lowest BCUT2D eigenvalue weighted by Crippen LogP contribution is -2.74. The number of likely N-dealkylation sites (N-methyl/N-ethyl adjacent to an activating group) is 1. The van der Waals surface area contributed by atoms with E-state index in [9.17, 15) is 34.2 Å². The number of fused-ring (bicyclic) bond motifs is 5. The molecule has 2 saturated carbocycles. The Balaban J connectivity index is 1.45. The number of anilines is 1. The molecular weight excluding hydrogens is 528 g/mol. The molecular formula is C30H38N4O7. The molecule has 4 N–H and O–H groups in total. The van der Waals surface area contributed by atoms with Crippen LogP contribution in [0.2, 0.25) is 0 Å². The molecule has 0 spiro atoms. The third kappa shape index (κ3) is 3.78. The Labute approximate surface area is 238 Å². The molecule has 6 rings (SSSR count). The molecule has 220 valence electrons. The summed E-state index contributed by atoms with van der Waals surface area (Å²) in [5.41, 5.74) is 4.74. The van der Waals surface area contributed by atoms with Crippen LogP contribution in [0.5, 0.6) is 5.75 Å². The quantitative estimate of drug-likeness (QED) is 0.416. The summed E-state index contributed by atoms with van der Waals surface area (Å²) >= 11 is 0. The molecule has 1 aromatic rings. The predicted octanol–water partition coefficient (Wildman–Crippen LogP) is 0.0598. The van der Waals surface area contributed by atoms with Gasteiger partial charge in [0.25, 0.3) is 0 Å². The number of phenolic OH excluding ortho intramolecular Hbond substituents is 1. The molecule has 5 aliphatic rings. The minimum atomic E-state index is -2.72. The van der Waals surface area contributed by atoms with Crippen molar-refractivity contribution in [3.05, 3.63) is 22.8 Å². The van der Waals surface area contributed by atoms with E-state index in [0.29, 0.717) is 29.8 Å².